The number of alkyl halides is 2. The molecule has 40 heavy (non-hydrogen) atoms. The Bertz CT molecular complexity index is 1520. The molecule has 5 rings (SSSR count). The molecule has 0 spiro atoms. The molecule has 4 heterocycles. The number of nitrogens with zero attached hydrogens (tertiary/aromatic N) is 6. The van der Waals surface area contributed by atoms with Crippen molar-refractivity contribution in [3.05, 3.63) is 48.1 Å². The van der Waals surface area contributed by atoms with Gasteiger partial charge in [-0.2, -0.15) is 4.52 Å². The number of carbonyl (C=O) groups is 1. The second kappa shape index (κ2) is 10.2. The molecule has 3 aromatic heterocycles. The Hall–Kier alpha value is -4.49. The molecule has 0 unspecified atom stereocenters. The fraction of sp³-hybridized carbons (Fsp3) is 0.423. The van der Waals surface area contributed by atoms with Crippen LogP contribution in [0.25, 0.3) is 17.2 Å². The summed E-state index contributed by atoms with van der Waals surface area (Å²) in [7, 11) is 3.11. The molecule has 1 saturated heterocycles. The van der Waals surface area contributed by atoms with Crippen LogP contribution in [0, 0.1) is 0 Å². The highest BCUT2D eigenvalue weighted by Gasteiger charge is 2.50. The highest BCUT2D eigenvalue weighted by atomic mass is 19.3. The van der Waals surface area contributed by atoms with Crippen LogP contribution in [0.4, 0.5) is 19.5 Å². The van der Waals surface area contributed by atoms with Crippen molar-refractivity contribution < 1.29 is 32.2 Å². The number of halogens is 2. The van der Waals surface area contributed by atoms with E-state index >= 15 is 0 Å². The van der Waals surface area contributed by atoms with Crippen molar-refractivity contribution in [2.24, 2.45) is 0 Å². The van der Waals surface area contributed by atoms with Crippen molar-refractivity contribution >= 4 is 17.7 Å². The number of ether oxygens (including phenoxy) is 3. The third-order valence-electron chi connectivity index (χ3n) is 6.12. The molecule has 4 aromatic rings. The van der Waals surface area contributed by atoms with Crippen molar-refractivity contribution in [1.82, 2.24) is 29.5 Å². The zero-order chi connectivity index (χ0) is 28.7. The van der Waals surface area contributed by atoms with Crippen molar-refractivity contribution in [3.63, 3.8) is 0 Å². The van der Waals surface area contributed by atoms with E-state index < -0.39 is 36.6 Å². The van der Waals surface area contributed by atoms with Crippen LogP contribution >= 0.6 is 0 Å². The van der Waals surface area contributed by atoms with Gasteiger partial charge in [-0.05, 0) is 32.9 Å². The van der Waals surface area contributed by atoms with Crippen LogP contribution in [0.2, 0.25) is 0 Å². The molecule has 1 atom stereocenters. The van der Waals surface area contributed by atoms with Crippen molar-refractivity contribution in [2.75, 3.05) is 26.1 Å². The number of oxazole rings is 1. The largest absolute Gasteiger partial charge is 0.497 e. The molecular weight excluding hydrogens is 528 g/mol. The fourth-order valence-electron chi connectivity index (χ4n) is 4.35. The molecule has 0 saturated carbocycles. The molecule has 12 nitrogen and oxygen atoms in total. The molecule has 1 aromatic carbocycles. The minimum absolute atomic E-state index is 0.0273. The maximum Gasteiger partial charge on any atom is 0.411 e. The van der Waals surface area contributed by atoms with Crippen LogP contribution in [0.1, 0.15) is 44.6 Å². The number of amides is 1. The summed E-state index contributed by atoms with van der Waals surface area (Å²) in [6, 6.07) is 5.86. The SMILES string of the molecule is COc1ccc(CNc2nc(-c3ncco3)cc3nc([C@@H]4CC(F)(F)CN4C(=O)OC(C)(C)C)nn23)c(OC)c1. The van der Waals surface area contributed by atoms with Gasteiger partial charge in [-0.15, -0.1) is 5.10 Å². The molecule has 212 valence electrons. The first-order chi connectivity index (χ1) is 19.0. The number of hydrogen-bond acceptors (Lipinski definition) is 10. The summed E-state index contributed by atoms with van der Waals surface area (Å²) < 4.78 is 52.1. The van der Waals surface area contributed by atoms with E-state index in [1.807, 2.05) is 6.07 Å². The van der Waals surface area contributed by atoms with Crippen LogP contribution in [0.15, 0.2) is 41.1 Å². The summed E-state index contributed by atoms with van der Waals surface area (Å²) in [6.45, 7) is 4.48. The van der Waals surface area contributed by atoms with Gasteiger partial charge in [-0.3, -0.25) is 4.90 Å². The Labute approximate surface area is 228 Å². The van der Waals surface area contributed by atoms with E-state index in [0.717, 1.165) is 10.5 Å². The number of rotatable bonds is 7. The van der Waals surface area contributed by atoms with Crippen molar-refractivity contribution in [1.29, 1.82) is 0 Å². The minimum atomic E-state index is -3.13. The molecule has 14 heteroatoms. The lowest BCUT2D eigenvalue weighted by Gasteiger charge is -2.27. The van der Waals surface area contributed by atoms with Crippen molar-refractivity contribution in [2.45, 2.75) is 51.3 Å². The number of benzene rings is 1. The number of methoxy groups -OCH3 is 2. The molecule has 1 aliphatic heterocycles. The Kier molecular flexibility index (Phi) is 6.94. The van der Waals surface area contributed by atoms with Crippen molar-refractivity contribution in [3.8, 4) is 23.1 Å². The zero-order valence-corrected chi connectivity index (χ0v) is 22.6. The number of aromatic nitrogens is 5. The van der Waals surface area contributed by atoms with E-state index in [4.69, 9.17) is 18.6 Å². The van der Waals surface area contributed by atoms with Gasteiger partial charge in [0.15, 0.2) is 11.5 Å². The first-order valence-electron chi connectivity index (χ1n) is 12.5. The highest BCUT2D eigenvalue weighted by Crippen LogP contribution is 2.41. The smallest absolute Gasteiger partial charge is 0.411 e. The summed E-state index contributed by atoms with van der Waals surface area (Å²) >= 11 is 0. The quantitative estimate of drug-likeness (QED) is 0.341. The third kappa shape index (κ3) is 5.60. The Morgan fingerprint density at radius 2 is 2.00 bits per heavy atom. The first-order valence-corrected chi connectivity index (χ1v) is 12.5. The molecule has 0 bridgehead atoms. The van der Waals surface area contributed by atoms with E-state index in [2.05, 4.69) is 25.4 Å². The van der Waals surface area contributed by atoms with E-state index in [1.54, 1.807) is 53.2 Å². The van der Waals surface area contributed by atoms with Gasteiger partial charge in [0.1, 0.15) is 35.1 Å². The highest BCUT2D eigenvalue weighted by molar-refractivity contribution is 5.69. The van der Waals surface area contributed by atoms with Gasteiger partial charge < -0.3 is 23.9 Å². The predicted molar refractivity (Wildman–Crippen MR) is 138 cm³/mol. The van der Waals surface area contributed by atoms with Crippen LogP contribution in [-0.2, 0) is 11.3 Å². The number of likely N-dealkylation sites (tertiary alicyclic amines) is 1. The van der Waals surface area contributed by atoms with Crippen LogP contribution < -0.4 is 14.8 Å². The second-order valence-corrected chi connectivity index (χ2v) is 10.3. The van der Waals surface area contributed by atoms with Crippen LogP contribution in [0.5, 0.6) is 11.5 Å². The van der Waals surface area contributed by atoms with Crippen LogP contribution in [-0.4, -0.2) is 67.8 Å². The van der Waals surface area contributed by atoms with E-state index in [9.17, 15) is 13.6 Å². The standard InChI is InChI=1S/C26H29F2N7O5/c1-25(2,3)40-24(36)34-14-26(27,28)12-18(34)21-32-20-11-17(22-29-8-9-39-22)31-23(35(20)33-21)30-13-15-6-7-16(37-4)10-19(15)38-5/h6-11,18H,12-14H2,1-5H3,(H,30,31)/t18-/m0/s1. The fourth-order valence-corrected chi connectivity index (χ4v) is 4.35. The molecule has 1 aliphatic rings. The molecule has 1 amide bonds. The maximum absolute atomic E-state index is 14.6. The van der Waals surface area contributed by atoms with Gasteiger partial charge in [-0.1, -0.05) is 0 Å². The van der Waals surface area contributed by atoms with Gasteiger partial charge in [-0.25, -0.2) is 28.5 Å². The molecule has 1 fully saturated rings. The second-order valence-electron chi connectivity index (χ2n) is 10.3. The maximum atomic E-state index is 14.6. The summed E-state index contributed by atoms with van der Waals surface area (Å²) in [5.74, 6) is -1.40. The van der Waals surface area contributed by atoms with Gasteiger partial charge in [0.2, 0.25) is 11.8 Å². The zero-order valence-electron chi connectivity index (χ0n) is 22.6. The summed E-state index contributed by atoms with van der Waals surface area (Å²) in [4.78, 5) is 27.1. The third-order valence-corrected chi connectivity index (χ3v) is 6.12. The Morgan fingerprint density at radius 1 is 1.20 bits per heavy atom. The Morgan fingerprint density at radius 3 is 2.67 bits per heavy atom. The van der Waals surface area contributed by atoms with Gasteiger partial charge >= 0.3 is 6.09 Å². The Balaban J connectivity index is 1.53. The average molecular weight is 558 g/mol. The van der Waals surface area contributed by atoms with Gasteiger partial charge in [0, 0.05) is 30.7 Å². The van der Waals surface area contributed by atoms with Gasteiger partial charge in [0.05, 0.1) is 27.0 Å². The number of hydrogen-bond donors (Lipinski definition) is 1. The number of anilines is 1. The molecule has 0 radical (unpaired) electrons. The molecule has 1 N–H and O–H groups in total. The summed E-state index contributed by atoms with van der Waals surface area (Å²) in [5, 5.41) is 7.70. The molecule has 0 aliphatic carbocycles. The van der Waals surface area contributed by atoms with Gasteiger partial charge in [0.25, 0.3) is 5.92 Å². The minimum Gasteiger partial charge on any atom is -0.497 e. The normalized spacial score (nSPS) is 16.8. The number of fused-ring (bicyclic) bond motifs is 1. The molecular formula is C26H29F2N7O5. The first kappa shape index (κ1) is 27.1. The topological polar surface area (TPSA) is 129 Å². The monoisotopic (exact) mass is 557 g/mol. The lowest BCUT2D eigenvalue weighted by molar-refractivity contribution is -0.00248. The van der Waals surface area contributed by atoms with E-state index in [-0.39, 0.29) is 24.2 Å². The predicted octanol–water partition coefficient (Wildman–Crippen LogP) is 4.73. The number of nitrogens with one attached hydrogen (secondary N) is 1. The lowest BCUT2D eigenvalue weighted by Crippen LogP contribution is -2.38. The summed E-state index contributed by atoms with van der Waals surface area (Å²) in [6.07, 6.45) is 1.38. The lowest BCUT2D eigenvalue weighted by atomic mass is 10.2. The van der Waals surface area contributed by atoms with E-state index in [0.29, 0.717) is 22.8 Å². The number of carbonyl (C=O) groups excluding carboxylic acids is 1. The summed E-state index contributed by atoms with van der Waals surface area (Å²) in [5.41, 5.74) is 0.579. The average Bonchev–Trinajstić information content (AvgIpc) is 3.64. The van der Waals surface area contributed by atoms with E-state index in [1.165, 1.54) is 17.0 Å². The van der Waals surface area contributed by atoms with Crippen LogP contribution in [0.3, 0.4) is 0 Å².